The Morgan fingerprint density at radius 1 is 1.45 bits per heavy atom. The Labute approximate surface area is 125 Å². The molecule has 116 valence electrons. The molecule has 0 unspecified atom stereocenters. The lowest BCUT2D eigenvalue weighted by Gasteiger charge is -2.09. The molecule has 0 fully saturated rings. The number of nitrogens with one attached hydrogen (secondary N) is 1. The summed E-state index contributed by atoms with van der Waals surface area (Å²) in [6.45, 7) is 0. The Morgan fingerprint density at radius 2 is 2.18 bits per heavy atom. The van der Waals surface area contributed by atoms with Crippen molar-refractivity contribution in [3.63, 3.8) is 0 Å². The number of rotatable bonds is 4. The Balaban J connectivity index is 2.37. The van der Waals surface area contributed by atoms with Gasteiger partial charge >= 0.3 is 6.18 Å². The third-order valence-electron chi connectivity index (χ3n) is 2.46. The molecule has 0 aliphatic carbocycles. The van der Waals surface area contributed by atoms with Crippen molar-refractivity contribution in [2.24, 2.45) is 5.10 Å². The van der Waals surface area contributed by atoms with Crippen LogP contribution in [0.3, 0.4) is 0 Å². The zero-order chi connectivity index (χ0) is 16.3. The fraction of sp³-hybridized carbons (Fsp3) is 0.0909. The summed E-state index contributed by atoms with van der Waals surface area (Å²) in [5.74, 6) is 0.226. The molecule has 22 heavy (non-hydrogen) atoms. The normalized spacial score (nSPS) is 11.8. The van der Waals surface area contributed by atoms with Crippen LogP contribution in [0, 0.1) is 10.1 Å². The first kappa shape index (κ1) is 15.7. The molecule has 1 heterocycles. The van der Waals surface area contributed by atoms with Crippen molar-refractivity contribution in [3.8, 4) is 0 Å². The van der Waals surface area contributed by atoms with Crippen LogP contribution in [0.15, 0.2) is 28.7 Å². The van der Waals surface area contributed by atoms with E-state index in [4.69, 9.17) is 5.73 Å². The summed E-state index contributed by atoms with van der Waals surface area (Å²) in [4.78, 5) is 13.7. The predicted octanol–water partition coefficient (Wildman–Crippen LogP) is 3.10. The molecule has 0 saturated carbocycles. The number of hydrogen-bond acceptors (Lipinski definition) is 7. The third kappa shape index (κ3) is 3.49. The quantitative estimate of drug-likeness (QED) is 0.508. The maximum absolute atomic E-state index is 12.9. The number of halogens is 3. The summed E-state index contributed by atoms with van der Waals surface area (Å²) in [6, 6.07) is 2.68. The lowest BCUT2D eigenvalue weighted by atomic mass is 10.1. The van der Waals surface area contributed by atoms with Crippen molar-refractivity contribution >= 4 is 34.2 Å². The van der Waals surface area contributed by atoms with Crippen molar-refractivity contribution < 1.29 is 18.1 Å². The highest BCUT2D eigenvalue weighted by Crippen LogP contribution is 2.34. The number of alkyl halides is 3. The molecule has 0 spiro atoms. The average molecular weight is 331 g/mol. The van der Waals surface area contributed by atoms with E-state index >= 15 is 0 Å². The molecule has 3 N–H and O–H groups in total. The molecule has 0 radical (unpaired) electrons. The van der Waals surface area contributed by atoms with Crippen molar-refractivity contribution in [1.29, 1.82) is 0 Å². The smallest absolute Gasteiger partial charge is 0.383 e. The van der Waals surface area contributed by atoms with Crippen molar-refractivity contribution in [2.75, 3.05) is 11.2 Å². The molecule has 0 bridgehead atoms. The standard InChI is InChI=1S/C11H8F3N5O2S/c12-11(13,14)7-2-1-3-8(19(20)21)6(7)4-16-18-10-17-9(15)5-22-10/h1-5H,15H2,(H,17,18). The predicted molar refractivity (Wildman–Crippen MR) is 75.8 cm³/mol. The summed E-state index contributed by atoms with van der Waals surface area (Å²) >= 11 is 1.09. The molecular weight excluding hydrogens is 323 g/mol. The number of nitrogen functional groups attached to an aromatic ring is 1. The van der Waals surface area contributed by atoms with Crippen molar-refractivity contribution in [1.82, 2.24) is 4.98 Å². The van der Waals surface area contributed by atoms with Crippen molar-refractivity contribution in [2.45, 2.75) is 6.18 Å². The Kier molecular flexibility index (Phi) is 4.26. The second-order valence-electron chi connectivity index (χ2n) is 3.94. The van der Waals surface area contributed by atoms with Gasteiger partial charge in [-0.1, -0.05) is 6.07 Å². The highest BCUT2D eigenvalue weighted by Gasteiger charge is 2.36. The van der Waals surface area contributed by atoms with Gasteiger partial charge in [0.05, 0.1) is 22.3 Å². The van der Waals surface area contributed by atoms with Crippen LogP contribution in [0.1, 0.15) is 11.1 Å². The van der Waals surface area contributed by atoms with Crippen LogP contribution < -0.4 is 11.2 Å². The molecule has 1 aromatic heterocycles. The molecule has 0 amide bonds. The second kappa shape index (κ2) is 5.97. The summed E-state index contributed by atoms with van der Waals surface area (Å²) in [5.41, 5.74) is 5.26. The maximum Gasteiger partial charge on any atom is 0.417 e. The number of nitrogens with zero attached hydrogens (tertiary/aromatic N) is 3. The van der Waals surface area contributed by atoms with E-state index < -0.39 is 27.9 Å². The topological polar surface area (TPSA) is 106 Å². The summed E-state index contributed by atoms with van der Waals surface area (Å²) < 4.78 is 38.7. The number of nitro benzene ring substituents is 1. The Hall–Kier alpha value is -2.69. The molecule has 0 aliphatic rings. The minimum atomic E-state index is -4.74. The van der Waals surface area contributed by atoms with Gasteiger partial charge in [-0.3, -0.25) is 15.5 Å². The molecule has 11 heteroatoms. The van der Waals surface area contributed by atoms with Crippen LogP contribution in [0.25, 0.3) is 0 Å². The SMILES string of the molecule is Nc1csc(NN=Cc2c([N+](=O)[O-])cccc2C(F)(F)F)n1. The minimum Gasteiger partial charge on any atom is -0.383 e. The van der Waals surface area contributed by atoms with Gasteiger partial charge < -0.3 is 5.73 Å². The summed E-state index contributed by atoms with van der Waals surface area (Å²) in [7, 11) is 0. The van der Waals surface area contributed by atoms with E-state index in [2.05, 4.69) is 15.5 Å². The van der Waals surface area contributed by atoms with Crippen LogP contribution in [-0.2, 0) is 6.18 Å². The van der Waals surface area contributed by atoms with E-state index in [9.17, 15) is 23.3 Å². The van der Waals surface area contributed by atoms with Gasteiger partial charge in [-0.05, 0) is 6.07 Å². The zero-order valence-electron chi connectivity index (χ0n) is 10.7. The van der Waals surface area contributed by atoms with Gasteiger partial charge in [0.15, 0.2) is 0 Å². The molecular formula is C11H8F3N5O2S. The van der Waals surface area contributed by atoms with Gasteiger partial charge in [0.2, 0.25) is 5.13 Å². The first-order chi connectivity index (χ1) is 10.3. The first-order valence-corrected chi connectivity index (χ1v) is 6.51. The van der Waals surface area contributed by atoms with E-state index in [1.807, 2.05) is 0 Å². The van der Waals surface area contributed by atoms with Crippen LogP contribution in [0.4, 0.5) is 29.8 Å². The van der Waals surface area contributed by atoms with Gasteiger partial charge in [-0.15, -0.1) is 11.3 Å². The molecule has 2 rings (SSSR count). The van der Waals surface area contributed by atoms with Gasteiger partial charge in [0, 0.05) is 11.4 Å². The van der Waals surface area contributed by atoms with Gasteiger partial charge in [-0.25, -0.2) is 4.98 Å². The first-order valence-electron chi connectivity index (χ1n) is 5.63. The summed E-state index contributed by atoms with van der Waals surface area (Å²) in [6.07, 6.45) is -4.00. The van der Waals surface area contributed by atoms with E-state index in [1.165, 1.54) is 5.38 Å². The number of thiazole rings is 1. The minimum absolute atomic E-state index is 0.226. The van der Waals surface area contributed by atoms with Crippen LogP contribution in [0.5, 0.6) is 0 Å². The molecule has 0 saturated heterocycles. The molecule has 7 nitrogen and oxygen atoms in total. The van der Waals surface area contributed by atoms with Crippen LogP contribution in [-0.4, -0.2) is 16.1 Å². The lowest BCUT2D eigenvalue weighted by molar-refractivity contribution is -0.385. The highest BCUT2D eigenvalue weighted by molar-refractivity contribution is 7.14. The fourth-order valence-corrected chi connectivity index (χ4v) is 2.13. The maximum atomic E-state index is 12.9. The largest absolute Gasteiger partial charge is 0.417 e. The Morgan fingerprint density at radius 3 is 2.73 bits per heavy atom. The number of hydrogen-bond donors (Lipinski definition) is 2. The summed E-state index contributed by atoms with van der Waals surface area (Å²) in [5, 5.41) is 16.2. The van der Waals surface area contributed by atoms with Gasteiger partial charge in [0.25, 0.3) is 5.69 Å². The van der Waals surface area contributed by atoms with E-state index in [0.29, 0.717) is 0 Å². The van der Waals surface area contributed by atoms with E-state index in [1.54, 1.807) is 0 Å². The highest BCUT2D eigenvalue weighted by atomic mass is 32.1. The average Bonchev–Trinajstić information content (AvgIpc) is 2.83. The fourth-order valence-electron chi connectivity index (χ4n) is 1.58. The number of anilines is 2. The molecule has 2 aromatic rings. The molecule has 0 aliphatic heterocycles. The number of benzene rings is 1. The zero-order valence-corrected chi connectivity index (χ0v) is 11.5. The lowest BCUT2D eigenvalue weighted by Crippen LogP contribution is -2.11. The third-order valence-corrected chi connectivity index (χ3v) is 3.23. The van der Waals surface area contributed by atoms with Crippen LogP contribution in [0.2, 0.25) is 0 Å². The molecule has 1 aromatic carbocycles. The number of aromatic nitrogens is 1. The van der Waals surface area contributed by atoms with Crippen LogP contribution >= 0.6 is 11.3 Å². The van der Waals surface area contributed by atoms with E-state index in [-0.39, 0.29) is 10.9 Å². The number of nitrogens with two attached hydrogens (primary N) is 1. The van der Waals surface area contributed by atoms with Gasteiger partial charge in [0.1, 0.15) is 5.82 Å². The number of nitro groups is 1. The van der Waals surface area contributed by atoms with Crippen molar-refractivity contribution in [3.05, 3.63) is 44.8 Å². The monoisotopic (exact) mass is 331 g/mol. The Bertz CT molecular complexity index is 729. The van der Waals surface area contributed by atoms with Gasteiger partial charge in [-0.2, -0.15) is 18.3 Å². The second-order valence-corrected chi connectivity index (χ2v) is 4.80. The molecule has 0 atom stereocenters. The number of hydrazone groups is 1. The van der Waals surface area contributed by atoms with E-state index in [0.717, 1.165) is 35.8 Å².